The lowest BCUT2D eigenvalue weighted by molar-refractivity contribution is -0.143. The minimum Gasteiger partial charge on any atom is -0.350 e. The number of carbonyl (C=O) groups excluding carboxylic acids is 1. The predicted molar refractivity (Wildman–Crippen MR) is 87.5 cm³/mol. The second kappa shape index (κ2) is 7.30. The van der Waals surface area contributed by atoms with Crippen molar-refractivity contribution in [2.24, 2.45) is 13.0 Å². The Morgan fingerprint density at radius 3 is 2.73 bits per heavy atom. The van der Waals surface area contributed by atoms with Gasteiger partial charge in [-0.2, -0.15) is 18.3 Å². The zero-order chi connectivity index (χ0) is 18.7. The summed E-state index contributed by atoms with van der Waals surface area (Å²) in [6.07, 6.45) is 0.653. The van der Waals surface area contributed by atoms with Gasteiger partial charge in [0.1, 0.15) is 5.69 Å². The van der Waals surface area contributed by atoms with Crippen LogP contribution in [0.15, 0.2) is 24.5 Å². The van der Waals surface area contributed by atoms with E-state index in [1.54, 1.807) is 18.5 Å². The summed E-state index contributed by atoms with van der Waals surface area (Å²) in [6.45, 7) is 1.88. The third kappa shape index (κ3) is 4.12. The fourth-order valence-electron chi connectivity index (χ4n) is 3.04. The van der Waals surface area contributed by atoms with Crippen molar-refractivity contribution in [3.63, 3.8) is 0 Å². The summed E-state index contributed by atoms with van der Waals surface area (Å²) >= 11 is 0. The number of anilines is 1. The summed E-state index contributed by atoms with van der Waals surface area (Å²) in [4.78, 5) is 22.6. The molecular formula is C16H19F3N6O. The van der Waals surface area contributed by atoms with Crippen molar-refractivity contribution >= 4 is 11.9 Å². The number of hydrogen-bond donors (Lipinski definition) is 1. The van der Waals surface area contributed by atoms with Gasteiger partial charge in [0.05, 0.1) is 0 Å². The van der Waals surface area contributed by atoms with E-state index in [0.29, 0.717) is 23.7 Å². The van der Waals surface area contributed by atoms with E-state index in [0.717, 1.165) is 25.5 Å². The average molecular weight is 368 g/mol. The van der Waals surface area contributed by atoms with Gasteiger partial charge in [0.15, 0.2) is 5.69 Å². The second-order valence-corrected chi connectivity index (χ2v) is 6.25. The summed E-state index contributed by atoms with van der Waals surface area (Å²) in [5.74, 6) is 0.203. The molecule has 140 valence electrons. The average Bonchev–Trinajstić information content (AvgIpc) is 3.03. The smallest absolute Gasteiger partial charge is 0.350 e. The van der Waals surface area contributed by atoms with Crippen LogP contribution in [0, 0.1) is 5.92 Å². The Labute approximate surface area is 148 Å². The van der Waals surface area contributed by atoms with Crippen LogP contribution in [0.5, 0.6) is 0 Å². The molecule has 1 N–H and O–H groups in total. The number of carbonyl (C=O) groups is 1. The Balaban J connectivity index is 1.58. The lowest BCUT2D eigenvalue weighted by Crippen LogP contribution is -2.41. The van der Waals surface area contributed by atoms with Gasteiger partial charge < -0.3 is 10.2 Å². The molecule has 1 amide bonds. The van der Waals surface area contributed by atoms with Crippen molar-refractivity contribution in [3.05, 3.63) is 35.9 Å². The molecule has 1 saturated heterocycles. The SMILES string of the molecule is Cn1nc(C(=O)NC[C@@H]2CCCN(c3ncccn3)C2)cc1C(F)(F)F. The van der Waals surface area contributed by atoms with Crippen molar-refractivity contribution < 1.29 is 18.0 Å². The molecule has 7 nitrogen and oxygen atoms in total. The molecule has 3 heterocycles. The predicted octanol–water partition coefficient (Wildman–Crippen LogP) is 1.88. The fourth-order valence-corrected chi connectivity index (χ4v) is 3.04. The summed E-state index contributed by atoms with van der Waals surface area (Å²) < 4.78 is 39.1. The third-order valence-corrected chi connectivity index (χ3v) is 4.31. The van der Waals surface area contributed by atoms with Gasteiger partial charge in [-0.1, -0.05) is 0 Å². The molecular weight excluding hydrogens is 349 g/mol. The Hall–Kier alpha value is -2.65. The van der Waals surface area contributed by atoms with Gasteiger partial charge in [-0.3, -0.25) is 9.48 Å². The topological polar surface area (TPSA) is 75.9 Å². The van der Waals surface area contributed by atoms with E-state index >= 15 is 0 Å². The first kappa shape index (κ1) is 18.2. The van der Waals surface area contributed by atoms with Crippen molar-refractivity contribution in [1.82, 2.24) is 25.1 Å². The van der Waals surface area contributed by atoms with Crippen LogP contribution in [0.3, 0.4) is 0 Å². The van der Waals surface area contributed by atoms with E-state index in [-0.39, 0.29) is 11.6 Å². The number of nitrogens with zero attached hydrogens (tertiary/aromatic N) is 5. The molecule has 2 aromatic rings. The molecule has 3 rings (SSSR count). The molecule has 0 aliphatic carbocycles. The van der Waals surface area contributed by atoms with Gasteiger partial charge in [-0.15, -0.1) is 0 Å². The van der Waals surface area contributed by atoms with Gasteiger partial charge in [-0.25, -0.2) is 9.97 Å². The van der Waals surface area contributed by atoms with Crippen molar-refractivity contribution in [2.45, 2.75) is 19.0 Å². The van der Waals surface area contributed by atoms with Crippen molar-refractivity contribution in [2.75, 3.05) is 24.5 Å². The van der Waals surface area contributed by atoms with Gasteiger partial charge >= 0.3 is 6.18 Å². The number of nitrogens with one attached hydrogen (secondary N) is 1. The minimum atomic E-state index is -4.54. The van der Waals surface area contributed by atoms with Crippen LogP contribution in [0.1, 0.15) is 29.0 Å². The largest absolute Gasteiger partial charge is 0.433 e. The Bertz CT molecular complexity index is 761. The number of aromatic nitrogens is 4. The maximum Gasteiger partial charge on any atom is 0.433 e. The number of halogens is 3. The summed E-state index contributed by atoms with van der Waals surface area (Å²) in [5.41, 5.74) is -1.19. The molecule has 1 fully saturated rings. The third-order valence-electron chi connectivity index (χ3n) is 4.31. The molecule has 0 unspecified atom stereocenters. The molecule has 26 heavy (non-hydrogen) atoms. The molecule has 2 aromatic heterocycles. The number of alkyl halides is 3. The number of amides is 1. The van der Waals surface area contributed by atoms with Gasteiger partial charge in [-0.05, 0) is 24.8 Å². The molecule has 1 aliphatic heterocycles. The molecule has 10 heteroatoms. The Morgan fingerprint density at radius 1 is 1.35 bits per heavy atom. The molecule has 0 radical (unpaired) electrons. The molecule has 0 spiro atoms. The first-order chi connectivity index (χ1) is 12.3. The minimum absolute atomic E-state index is 0.169. The van der Waals surface area contributed by atoms with Crippen molar-refractivity contribution in [3.8, 4) is 0 Å². The summed E-state index contributed by atoms with van der Waals surface area (Å²) in [7, 11) is 1.17. The van der Waals surface area contributed by atoms with Crippen LogP contribution < -0.4 is 10.2 Å². The Morgan fingerprint density at radius 2 is 2.08 bits per heavy atom. The number of piperidine rings is 1. The lowest BCUT2D eigenvalue weighted by atomic mass is 9.98. The maximum absolute atomic E-state index is 12.8. The fraction of sp³-hybridized carbons (Fsp3) is 0.500. The first-order valence-electron chi connectivity index (χ1n) is 8.26. The quantitative estimate of drug-likeness (QED) is 0.892. The van der Waals surface area contributed by atoms with E-state index in [9.17, 15) is 18.0 Å². The molecule has 1 aliphatic rings. The Kier molecular flexibility index (Phi) is 5.10. The van der Waals surface area contributed by atoms with E-state index in [4.69, 9.17) is 0 Å². The normalized spacial score (nSPS) is 18.0. The van der Waals surface area contributed by atoms with Crippen LogP contribution in [0.25, 0.3) is 0 Å². The standard InChI is InChI=1S/C16H19F3N6O/c1-24-13(16(17,18)19)8-12(23-24)14(26)22-9-11-4-2-7-25(10-11)15-20-5-3-6-21-15/h3,5-6,8,11H,2,4,7,9-10H2,1H3,(H,22,26)/t11-/m0/s1. The highest BCUT2D eigenvalue weighted by Crippen LogP contribution is 2.29. The van der Waals surface area contributed by atoms with Crippen molar-refractivity contribution in [1.29, 1.82) is 0 Å². The summed E-state index contributed by atoms with van der Waals surface area (Å²) in [5, 5.41) is 6.34. The van der Waals surface area contributed by atoms with Crippen LogP contribution in [-0.4, -0.2) is 45.3 Å². The van der Waals surface area contributed by atoms with Crippen LogP contribution >= 0.6 is 0 Å². The molecule has 0 saturated carbocycles. The monoisotopic (exact) mass is 368 g/mol. The number of aryl methyl sites for hydroxylation is 1. The molecule has 1 atom stereocenters. The van der Waals surface area contributed by atoms with E-state index < -0.39 is 17.8 Å². The van der Waals surface area contributed by atoms with Crippen LogP contribution in [-0.2, 0) is 13.2 Å². The summed E-state index contributed by atoms with van der Waals surface area (Å²) in [6, 6.07) is 2.51. The second-order valence-electron chi connectivity index (χ2n) is 6.25. The van der Waals surface area contributed by atoms with E-state index in [1.807, 2.05) is 4.90 Å². The zero-order valence-electron chi connectivity index (χ0n) is 14.2. The number of hydrogen-bond acceptors (Lipinski definition) is 5. The highest BCUT2D eigenvalue weighted by molar-refractivity contribution is 5.92. The molecule has 0 bridgehead atoms. The van der Waals surface area contributed by atoms with Crippen LogP contribution in [0.4, 0.5) is 19.1 Å². The maximum atomic E-state index is 12.8. The highest BCUT2D eigenvalue weighted by atomic mass is 19.4. The van der Waals surface area contributed by atoms with Gasteiger partial charge in [0.2, 0.25) is 5.95 Å². The zero-order valence-corrected chi connectivity index (χ0v) is 14.2. The molecule has 0 aromatic carbocycles. The highest BCUT2D eigenvalue weighted by Gasteiger charge is 2.35. The van der Waals surface area contributed by atoms with E-state index in [2.05, 4.69) is 20.4 Å². The van der Waals surface area contributed by atoms with Crippen LogP contribution in [0.2, 0.25) is 0 Å². The lowest BCUT2D eigenvalue weighted by Gasteiger charge is -2.32. The van der Waals surface area contributed by atoms with Gasteiger partial charge in [0.25, 0.3) is 5.91 Å². The first-order valence-corrected chi connectivity index (χ1v) is 8.26. The number of rotatable bonds is 4. The van der Waals surface area contributed by atoms with Gasteiger partial charge in [0, 0.05) is 45.1 Å². The van der Waals surface area contributed by atoms with E-state index in [1.165, 1.54) is 7.05 Å².